The van der Waals surface area contributed by atoms with E-state index in [4.69, 9.17) is 9.78 Å². The Morgan fingerprint density at radius 3 is 2.38 bits per heavy atom. The smallest absolute Gasteiger partial charge is 0.138 e. The summed E-state index contributed by atoms with van der Waals surface area (Å²) in [5, 5.41) is 10.5. The quantitative estimate of drug-likeness (QED) is 0.642. The van der Waals surface area contributed by atoms with Gasteiger partial charge in [-0.3, -0.25) is 0 Å². The lowest BCUT2D eigenvalue weighted by Crippen LogP contribution is -2.62. The molecule has 1 aliphatic heterocycles. The van der Waals surface area contributed by atoms with E-state index >= 15 is 0 Å². The molecule has 4 fully saturated rings. The van der Waals surface area contributed by atoms with Crippen LogP contribution in [0.4, 0.5) is 0 Å². The summed E-state index contributed by atoms with van der Waals surface area (Å²) < 4.78 is 0. The summed E-state index contributed by atoms with van der Waals surface area (Å²) >= 11 is 0. The minimum atomic E-state index is -0.557. The fraction of sp³-hybridized carbons (Fsp3) is 1.00. The molecule has 1 N–H and O–H groups in total. The predicted molar refractivity (Wildman–Crippen MR) is 57.6 cm³/mol. The van der Waals surface area contributed by atoms with Crippen molar-refractivity contribution in [2.45, 2.75) is 74.6 Å². The van der Waals surface area contributed by atoms with E-state index in [0.29, 0.717) is 5.92 Å². The Morgan fingerprint density at radius 1 is 0.875 bits per heavy atom. The van der Waals surface area contributed by atoms with Gasteiger partial charge in [-0.15, -0.1) is 0 Å². The largest absolute Gasteiger partial charge is 0.387 e. The third-order valence-electron chi connectivity index (χ3n) is 5.80. The minimum absolute atomic E-state index is 0.0385. The first-order chi connectivity index (χ1) is 7.71. The standard InChI is InChI=1S/C13H20O3/c14-12-7-4-10-11(5-2-1-3-6-11)15-16-13(10,12)9-8-12/h10,14H,1-9H2/t10-,12-,13+/m0/s1. The molecule has 1 saturated heterocycles. The zero-order chi connectivity index (χ0) is 10.9. The molecule has 0 unspecified atom stereocenters. The maximum Gasteiger partial charge on any atom is 0.138 e. The molecule has 0 aromatic heterocycles. The van der Waals surface area contributed by atoms with Gasteiger partial charge in [-0.1, -0.05) is 19.3 Å². The first kappa shape index (κ1) is 9.86. The highest BCUT2D eigenvalue weighted by Crippen LogP contribution is 2.67. The summed E-state index contributed by atoms with van der Waals surface area (Å²) in [6, 6.07) is 0. The van der Waals surface area contributed by atoms with E-state index in [1.165, 1.54) is 19.3 Å². The van der Waals surface area contributed by atoms with Crippen LogP contribution in [-0.2, 0) is 9.78 Å². The Morgan fingerprint density at radius 2 is 1.69 bits per heavy atom. The third-order valence-corrected chi connectivity index (χ3v) is 5.80. The van der Waals surface area contributed by atoms with Gasteiger partial charge in [0.15, 0.2) is 0 Å². The van der Waals surface area contributed by atoms with Crippen LogP contribution in [-0.4, -0.2) is 21.9 Å². The van der Waals surface area contributed by atoms with Crippen LogP contribution in [0.25, 0.3) is 0 Å². The predicted octanol–water partition coefficient (Wildman–Crippen LogP) is 2.32. The van der Waals surface area contributed by atoms with Gasteiger partial charge >= 0.3 is 0 Å². The number of aliphatic hydroxyl groups is 1. The van der Waals surface area contributed by atoms with Gasteiger partial charge in [0.25, 0.3) is 0 Å². The van der Waals surface area contributed by atoms with Gasteiger partial charge in [-0.25, -0.2) is 9.78 Å². The molecule has 4 aliphatic rings. The van der Waals surface area contributed by atoms with Gasteiger partial charge in [-0.2, -0.15) is 0 Å². The Labute approximate surface area is 96.0 Å². The lowest BCUT2D eigenvalue weighted by Gasteiger charge is -2.49. The lowest BCUT2D eigenvalue weighted by atomic mass is 9.60. The highest BCUT2D eigenvalue weighted by atomic mass is 17.2. The SMILES string of the molecule is O[C@]12CC[C@H]3C4(CCCCC4)OO[C@]31CC2. The van der Waals surface area contributed by atoms with E-state index < -0.39 is 5.60 Å². The van der Waals surface area contributed by atoms with Crippen molar-refractivity contribution in [3.63, 3.8) is 0 Å². The number of rotatable bonds is 0. The molecule has 3 heteroatoms. The molecular formula is C13H20O3. The molecule has 0 radical (unpaired) electrons. The summed E-state index contributed by atoms with van der Waals surface area (Å²) in [7, 11) is 0. The van der Waals surface area contributed by atoms with Gasteiger partial charge in [-0.05, 0) is 38.5 Å². The molecule has 3 aliphatic carbocycles. The van der Waals surface area contributed by atoms with Gasteiger partial charge in [0.05, 0.1) is 5.60 Å². The zero-order valence-corrected chi connectivity index (χ0v) is 9.71. The topological polar surface area (TPSA) is 38.7 Å². The minimum Gasteiger partial charge on any atom is -0.387 e. The molecule has 3 atom stereocenters. The van der Waals surface area contributed by atoms with Gasteiger partial charge in [0.1, 0.15) is 11.2 Å². The van der Waals surface area contributed by atoms with E-state index in [-0.39, 0.29) is 11.2 Å². The van der Waals surface area contributed by atoms with Crippen molar-refractivity contribution in [3.05, 3.63) is 0 Å². The zero-order valence-electron chi connectivity index (χ0n) is 9.71. The Bertz CT molecular complexity index is 323. The summed E-state index contributed by atoms with van der Waals surface area (Å²) in [5.41, 5.74) is -0.911. The van der Waals surface area contributed by atoms with Crippen molar-refractivity contribution in [3.8, 4) is 0 Å². The van der Waals surface area contributed by atoms with Crippen LogP contribution < -0.4 is 0 Å². The molecule has 3 saturated carbocycles. The summed E-state index contributed by atoms with van der Waals surface area (Å²) in [5.74, 6) is 0.457. The average molecular weight is 224 g/mol. The van der Waals surface area contributed by atoms with Crippen LogP contribution in [0, 0.1) is 5.92 Å². The Kier molecular flexibility index (Phi) is 1.74. The Balaban J connectivity index is 1.70. The van der Waals surface area contributed by atoms with Crippen LogP contribution in [0.3, 0.4) is 0 Å². The van der Waals surface area contributed by atoms with Gasteiger partial charge in [0, 0.05) is 5.92 Å². The number of hydrogen-bond acceptors (Lipinski definition) is 3. The molecule has 1 heterocycles. The van der Waals surface area contributed by atoms with Crippen molar-refractivity contribution in [1.29, 1.82) is 0 Å². The fourth-order valence-electron chi connectivity index (χ4n) is 4.77. The maximum absolute atomic E-state index is 10.5. The van der Waals surface area contributed by atoms with Crippen molar-refractivity contribution >= 4 is 0 Å². The number of hydrogen-bond donors (Lipinski definition) is 1. The first-order valence-electron chi connectivity index (χ1n) is 6.80. The van der Waals surface area contributed by atoms with E-state index in [1.807, 2.05) is 0 Å². The fourth-order valence-corrected chi connectivity index (χ4v) is 4.77. The molecule has 0 bridgehead atoms. The van der Waals surface area contributed by atoms with Crippen LogP contribution in [0.5, 0.6) is 0 Å². The molecular weight excluding hydrogens is 204 g/mol. The van der Waals surface area contributed by atoms with Gasteiger partial charge in [0.2, 0.25) is 0 Å². The van der Waals surface area contributed by atoms with Gasteiger partial charge < -0.3 is 5.11 Å². The second-order valence-electron chi connectivity index (χ2n) is 6.30. The summed E-state index contributed by atoms with van der Waals surface area (Å²) in [4.78, 5) is 11.5. The molecule has 3 nitrogen and oxygen atoms in total. The molecule has 0 amide bonds. The van der Waals surface area contributed by atoms with E-state index in [0.717, 1.165) is 38.5 Å². The van der Waals surface area contributed by atoms with Crippen LogP contribution >= 0.6 is 0 Å². The van der Waals surface area contributed by atoms with Crippen LogP contribution in [0.2, 0.25) is 0 Å². The normalized spacial score (nSPS) is 53.4. The monoisotopic (exact) mass is 224 g/mol. The highest BCUT2D eigenvalue weighted by Gasteiger charge is 2.76. The van der Waals surface area contributed by atoms with Crippen molar-refractivity contribution in [2.24, 2.45) is 5.92 Å². The van der Waals surface area contributed by atoms with Crippen molar-refractivity contribution < 1.29 is 14.9 Å². The second-order valence-corrected chi connectivity index (χ2v) is 6.30. The first-order valence-corrected chi connectivity index (χ1v) is 6.80. The van der Waals surface area contributed by atoms with E-state index in [9.17, 15) is 5.11 Å². The molecule has 0 aromatic carbocycles. The maximum atomic E-state index is 10.5. The van der Waals surface area contributed by atoms with E-state index in [2.05, 4.69) is 0 Å². The second kappa shape index (κ2) is 2.82. The highest BCUT2D eigenvalue weighted by molar-refractivity contribution is 5.23. The molecule has 0 aromatic rings. The van der Waals surface area contributed by atoms with Crippen LogP contribution in [0.1, 0.15) is 57.8 Å². The molecule has 4 rings (SSSR count). The number of fused-ring (bicyclic) bond motifs is 1. The third kappa shape index (κ3) is 0.889. The van der Waals surface area contributed by atoms with Crippen molar-refractivity contribution in [2.75, 3.05) is 0 Å². The molecule has 2 spiro atoms. The van der Waals surface area contributed by atoms with Crippen LogP contribution in [0.15, 0.2) is 0 Å². The van der Waals surface area contributed by atoms with Crippen molar-refractivity contribution in [1.82, 2.24) is 0 Å². The average Bonchev–Trinajstić information content (AvgIpc) is 2.71. The summed E-state index contributed by atoms with van der Waals surface area (Å²) in [6.45, 7) is 0. The lowest BCUT2D eigenvalue weighted by molar-refractivity contribution is -0.397. The molecule has 90 valence electrons. The molecule has 16 heavy (non-hydrogen) atoms. The van der Waals surface area contributed by atoms with E-state index in [1.54, 1.807) is 0 Å². The Hall–Kier alpha value is -0.120. The summed E-state index contributed by atoms with van der Waals surface area (Å²) in [6.07, 6.45) is 10.0.